The molecule has 3 aromatic heterocycles. The maximum Gasteiger partial charge on any atom is 0.348 e. The summed E-state index contributed by atoms with van der Waals surface area (Å²) in [4.78, 5) is 32.7. The predicted molar refractivity (Wildman–Crippen MR) is 138 cm³/mol. The number of aryl methyl sites for hydroxylation is 1. The third kappa shape index (κ3) is 5.26. The number of hydrogen-bond donors (Lipinski definition) is 0. The van der Waals surface area contributed by atoms with Gasteiger partial charge in [0.2, 0.25) is 5.88 Å². The van der Waals surface area contributed by atoms with Crippen molar-refractivity contribution < 1.29 is 14.3 Å². The van der Waals surface area contributed by atoms with Gasteiger partial charge in [0.15, 0.2) is 0 Å². The van der Waals surface area contributed by atoms with Crippen LogP contribution in [0, 0.1) is 6.92 Å². The van der Waals surface area contributed by atoms with E-state index in [0.717, 1.165) is 46.8 Å². The first kappa shape index (κ1) is 23.9. The number of piperidine rings is 1. The molecular formula is C26H33N5O3S. The molecule has 186 valence electrons. The van der Waals surface area contributed by atoms with Gasteiger partial charge in [-0.2, -0.15) is 0 Å². The van der Waals surface area contributed by atoms with Crippen LogP contribution >= 0.6 is 11.3 Å². The van der Waals surface area contributed by atoms with Crippen molar-refractivity contribution in [1.82, 2.24) is 19.9 Å². The number of carbonyl (C=O) groups is 1. The van der Waals surface area contributed by atoms with E-state index in [1.165, 1.54) is 29.7 Å². The molecule has 1 saturated heterocycles. The molecule has 0 aromatic carbocycles. The number of nitrogens with zero attached hydrogens (tertiary/aromatic N) is 5. The highest BCUT2D eigenvalue weighted by Gasteiger charge is 2.29. The average molecular weight is 496 g/mol. The first-order chi connectivity index (χ1) is 16.9. The van der Waals surface area contributed by atoms with Crippen LogP contribution in [-0.2, 0) is 11.3 Å². The van der Waals surface area contributed by atoms with E-state index in [1.807, 2.05) is 40.2 Å². The van der Waals surface area contributed by atoms with Crippen LogP contribution < -0.4 is 9.64 Å². The lowest BCUT2D eigenvalue weighted by Gasteiger charge is -2.34. The van der Waals surface area contributed by atoms with Crippen LogP contribution in [0.15, 0.2) is 18.3 Å². The topological polar surface area (TPSA) is 80.7 Å². The van der Waals surface area contributed by atoms with Crippen LogP contribution in [0.2, 0.25) is 0 Å². The van der Waals surface area contributed by atoms with Gasteiger partial charge in [0.05, 0.1) is 25.1 Å². The number of hydrogen-bond acceptors (Lipinski definition) is 9. The molecule has 9 heteroatoms. The molecule has 0 N–H and O–H groups in total. The number of thiophene rings is 1. The summed E-state index contributed by atoms with van der Waals surface area (Å²) in [5, 5.41) is 0.938. The summed E-state index contributed by atoms with van der Waals surface area (Å²) in [6.07, 6.45) is 6.48. The van der Waals surface area contributed by atoms with Crippen molar-refractivity contribution in [3.05, 3.63) is 40.2 Å². The van der Waals surface area contributed by atoms with E-state index < -0.39 is 0 Å². The summed E-state index contributed by atoms with van der Waals surface area (Å²) < 4.78 is 11.6. The molecule has 1 aliphatic heterocycles. The molecule has 0 bridgehead atoms. The standard InChI is InChI=1S/C26H33N5O3S/c1-5-33-26(32)23-16(2)22-24(28-20(15-30(3)4)29-25(22)35-23)31-12-6-7-19(14-31)34-21-11-10-18(13-27-21)17-8-9-17/h10-11,13,17,19H,5-9,12,14-15H2,1-4H3. The van der Waals surface area contributed by atoms with Gasteiger partial charge < -0.3 is 19.3 Å². The van der Waals surface area contributed by atoms with E-state index in [1.54, 1.807) is 0 Å². The van der Waals surface area contributed by atoms with E-state index in [2.05, 4.69) is 20.9 Å². The SMILES string of the molecule is CCOC(=O)c1sc2nc(CN(C)C)nc(N3CCCC(Oc4ccc(C5CC5)cn4)C3)c2c1C. The first-order valence-corrected chi connectivity index (χ1v) is 13.2. The Kier molecular flexibility index (Phi) is 6.88. The molecule has 1 saturated carbocycles. The van der Waals surface area contributed by atoms with E-state index in [9.17, 15) is 4.79 Å². The van der Waals surface area contributed by atoms with Crippen LogP contribution in [0.4, 0.5) is 5.82 Å². The summed E-state index contributed by atoms with van der Waals surface area (Å²) in [7, 11) is 4.01. The number of aromatic nitrogens is 3. The fourth-order valence-electron chi connectivity index (χ4n) is 4.65. The average Bonchev–Trinajstić information content (AvgIpc) is 3.63. The molecule has 1 atom stereocenters. The Hall–Kier alpha value is -2.78. The Morgan fingerprint density at radius 3 is 2.74 bits per heavy atom. The number of rotatable bonds is 8. The van der Waals surface area contributed by atoms with Gasteiger partial charge in [-0.05, 0) is 70.7 Å². The van der Waals surface area contributed by atoms with Gasteiger partial charge in [-0.3, -0.25) is 0 Å². The summed E-state index contributed by atoms with van der Waals surface area (Å²) in [5.74, 6) is 2.69. The minimum absolute atomic E-state index is 0.0220. The van der Waals surface area contributed by atoms with Crippen molar-refractivity contribution in [1.29, 1.82) is 0 Å². The largest absolute Gasteiger partial charge is 0.472 e. The summed E-state index contributed by atoms with van der Waals surface area (Å²) in [5.41, 5.74) is 2.19. The van der Waals surface area contributed by atoms with Gasteiger partial charge >= 0.3 is 5.97 Å². The smallest absolute Gasteiger partial charge is 0.348 e. The first-order valence-electron chi connectivity index (χ1n) is 12.4. The predicted octanol–water partition coefficient (Wildman–Crippen LogP) is 4.56. The van der Waals surface area contributed by atoms with Crippen molar-refractivity contribution >= 4 is 33.3 Å². The minimum Gasteiger partial charge on any atom is -0.472 e. The van der Waals surface area contributed by atoms with Gasteiger partial charge in [0.1, 0.15) is 27.5 Å². The van der Waals surface area contributed by atoms with Crippen molar-refractivity contribution in [3.63, 3.8) is 0 Å². The molecule has 8 nitrogen and oxygen atoms in total. The summed E-state index contributed by atoms with van der Waals surface area (Å²) in [6.45, 7) is 6.35. The third-order valence-corrected chi connectivity index (χ3v) is 7.67. The number of fused-ring (bicyclic) bond motifs is 1. The van der Waals surface area contributed by atoms with Crippen LogP contribution in [0.5, 0.6) is 5.88 Å². The van der Waals surface area contributed by atoms with Crippen molar-refractivity contribution in [3.8, 4) is 5.88 Å². The van der Waals surface area contributed by atoms with Crippen LogP contribution in [0.1, 0.15) is 65.1 Å². The van der Waals surface area contributed by atoms with E-state index >= 15 is 0 Å². The molecule has 0 spiro atoms. The summed E-state index contributed by atoms with van der Waals surface area (Å²) >= 11 is 1.39. The second-order valence-corrected chi connectivity index (χ2v) is 10.7. The monoisotopic (exact) mass is 495 g/mol. The molecule has 0 radical (unpaired) electrons. The van der Waals surface area contributed by atoms with Gasteiger partial charge in [0.25, 0.3) is 0 Å². The number of carbonyl (C=O) groups excluding carboxylic acids is 1. The highest BCUT2D eigenvalue weighted by molar-refractivity contribution is 7.20. The maximum absolute atomic E-state index is 12.6. The third-order valence-electron chi connectivity index (χ3n) is 6.51. The molecule has 2 aliphatic rings. The molecule has 1 unspecified atom stereocenters. The van der Waals surface area contributed by atoms with Crippen LogP contribution in [-0.4, -0.2) is 65.7 Å². The Bertz CT molecular complexity index is 1210. The van der Waals surface area contributed by atoms with Crippen LogP contribution in [0.3, 0.4) is 0 Å². The highest BCUT2D eigenvalue weighted by Crippen LogP contribution is 2.40. The van der Waals surface area contributed by atoms with Crippen molar-refractivity contribution in [2.24, 2.45) is 0 Å². The zero-order valence-electron chi connectivity index (χ0n) is 20.9. The van der Waals surface area contributed by atoms with Gasteiger partial charge in [-0.1, -0.05) is 6.07 Å². The van der Waals surface area contributed by atoms with E-state index in [-0.39, 0.29) is 12.1 Å². The molecular weight excluding hydrogens is 462 g/mol. The quantitative estimate of drug-likeness (QED) is 0.421. The zero-order valence-corrected chi connectivity index (χ0v) is 21.7. The maximum atomic E-state index is 12.6. The minimum atomic E-state index is -0.298. The number of pyridine rings is 1. The Balaban J connectivity index is 1.43. The Morgan fingerprint density at radius 2 is 2.06 bits per heavy atom. The number of esters is 1. The second-order valence-electron chi connectivity index (χ2n) is 9.69. The Labute approximate surface area is 210 Å². The highest BCUT2D eigenvalue weighted by atomic mass is 32.1. The fourth-order valence-corrected chi connectivity index (χ4v) is 5.74. The zero-order chi connectivity index (χ0) is 24.5. The van der Waals surface area contributed by atoms with Gasteiger partial charge in [0, 0.05) is 18.8 Å². The van der Waals surface area contributed by atoms with Crippen molar-refractivity contribution in [2.75, 3.05) is 38.7 Å². The normalized spacial score (nSPS) is 18.3. The molecule has 0 amide bonds. The van der Waals surface area contributed by atoms with Gasteiger partial charge in [-0.25, -0.2) is 19.7 Å². The number of anilines is 1. The van der Waals surface area contributed by atoms with Crippen molar-refractivity contribution in [2.45, 2.75) is 58.1 Å². The second kappa shape index (κ2) is 10.1. The Morgan fingerprint density at radius 1 is 1.23 bits per heavy atom. The lowest BCUT2D eigenvalue weighted by atomic mass is 10.1. The van der Waals surface area contributed by atoms with Crippen LogP contribution in [0.25, 0.3) is 10.2 Å². The lowest BCUT2D eigenvalue weighted by molar-refractivity contribution is 0.0531. The van der Waals surface area contributed by atoms with E-state index in [0.29, 0.717) is 36.4 Å². The van der Waals surface area contributed by atoms with Gasteiger partial charge in [-0.15, -0.1) is 11.3 Å². The molecule has 1 aliphatic carbocycles. The molecule has 5 rings (SSSR count). The number of ether oxygens (including phenoxy) is 2. The fraction of sp³-hybridized carbons (Fsp3) is 0.538. The van der Waals surface area contributed by atoms with E-state index in [4.69, 9.17) is 19.4 Å². The lowest BCUT2D eigenvalue weighted by Crippen LogP contribution is -2.42. The molecule has 2 fully saturated rings. The summed E-state index contributed by atoms with van der Waals surface area (Å²) in [6, 6.07) is 4.15. The molecule has 3 aromatic rings. The molecule has 35 heavy (non-hydrogen) atoms. The molecule has 4 heterocycles.